The average Bonchev–Trinajstić information content (AvgIpc) is 2.62. The normalized spacial score (nSPS) is 30.2. The van der Waals surface area contributed by atoms with Gasteiger partial charge in [-0.1, -0.05) is 44.7 Å². The summed E-state index contributed by atoms with van der Waals surface area (Å²) in [6.07, 6.45) is 2.51. The summed E-state index contributed by atoms with van der Waals surface area (Å²) in [6.45, 7) is 3.54. The topological polar surface area (TPSA) is 27.7 Å². The van der Waals surface area contributed by atoms with Crippen molar-refractivity contribution in [1.82, 2.24) is 0 Å². The molecule has 1 aliphatic carbocycles. The van der Waals surface area contributed by atoms with Crippen LogP contribution in [0.2, 0.25) is 0 Å². The van der Waals surface area contributed by atoms with E-state index in [1.165, 1.54) is 50.7 Å². The van der Waals surface area contributed by atoms with Crippen LogP contribution in [0.15, 0.2) is 24.3 Å². The minimum Gasteiger partial charge on any atom is -0.406 e. The van der Waals surface area contributed by atoms with Crippen LogP contribution in [0.5, 0.6) is 5.75 Å². The molecule has 0 spiro atoms. The summed E-state index contributed by atoms with van der Waals surface area (Å²) in [5.74, 6) is 1.72. The summed E-state index contributed by atoms with van der Waals surface area (Å²) in [6, 6.07) is 5.69. The monoisotopic (exact) mass is 372 g/mol. The first-order chi connectivity index (χ1) is 12.4. The highest BCUT2D eigenvalue weighted by Gasteiger charge is 2.33. The van der Waals surface area contributed by atoms with E-state index in [9.17, 15) is 13.2 Å². The number of halogens is 3. The van der Waals surface area contributed by atoms with Crippen molar-refractivity contribution >= 4 is 0 Å². The predicted octanol–water partition coefficient (Wildman–Crippen LogP) is 5.85. The highest BCUT2D eigenvalue weighted by molar-refractivity contribution is 5.28. The molecule has 0 N–H and O–H groups in total. The molecule has 1 saturated carbocycles. The Morgan fingerprint density at radius 1 is 0.962 bits per heavy atom. The van der Waals surface area contributed by atoms with E-state index in [2.05, 4.69) is 11.7 Å². The molecule has 0 atom stereocenters. The summed E-state index contributed by atoms with van der Waals surface area (Å²) in [5, 5.41) is 0. The number of benzene rings is 1. The zero-order valence-electron chi connectivity index (χ0n) is 15.1. The molecule has 0 radical (unpaired) electrons. The molecule has 3 rings (SSSR count). The molecule has 26 heavy (non-hydrogen) atoms. The van der Waals surface area contributed by atoms with Gasteiger partial charge in [0.15, 0.2) is 6.29 Å². The first kappa shape index (κ1) is 19.5. The lowest BCUT2D eigenvalue weighted by atomic mass is 9.75. The minimum absolute atomic E-state index is 0.237. The Balaban J connectivity index is 1.46. The zero-order chi connectivity index (χ0) is 18.6. The third-order valence-corrected chi connectivity index (χ3v) is 5.56. The van der Waals surface area contributed by atoms with Crippen LogP contribution in [0.1, 0.15) is 57.3 Å². The summed E-state index contributed by atoms with van der Waals surface area (Å²) < 4.78 is 52.2. The van der Waals surface area contributed by atoms with Gasteiger partial charge in [-0.3, -0.25) is 0 Å². The lowest BCUT2D eigenvalue weighted by molar-refractivity contribution is -0.274. The summed E-state index contributed by atoms with van der Waals surface area (Å²) >= 11 is 0. The van der Waals surface area contributed by atoms with Gasteiger partial charge < -0.3 is 14.2 Å². The van der Waals surface area contributed by atoms with Gasteiger partial charge in [-0.25, -0.2) is 0 Å². The van der Waals surface area contributed by atoms with Crippen LogP contribution >= 0.6 is 0 Å². The van der Waals surface area contributed by atoms with Gasteiger partial charge in [0, 0.05) is 11.5 Å². The summed E-state index contributed by atoms with van der Waals surface area (Å²) in [7, 11) is 0. The lowest BCUT2D eigenvalue weighted by Crippen LogP contribution is -2.34. The van der Waals surface area contributed by atoms with E-state index in [0.29, 0.717) is 30.6 Å². The number of alkyl halides is 3. The van der Waals surface area contributed by atoms with Crippen molar-refractivity contribution in [2.75, 3.05) is 13.2 Å². The van der Waals surface area contributed by atoms with Gasteiger partial charge in [0.05, 0.1) is 13.2 Å². The maximum Gasteiger partial charge on any atom is 0.573 e. The second-order valence-electron chi connectivity index (χ2n) is 7.44. The van der Waals surface area contributed by atoms with E-state index >= 15 is 0 Å². The number of ether oxygens (including phenoxy) is 3. The third-order valence-electron chi connectivity index (χ3n) is 5.56. The van der Waals surface area contributed by atoms with Gasteiger partial charge in [0.25, 0.3) is 0 Å². The van der Waals surface area contributed by atoms with Crippen molar-refractivity contribution in [1.29, 1.82) is 0 Å². The van der Waals surface area contributed by atoms with Gasteiger partial charge >= 0.3 is 6.36 Å². The Morgan fingerprint density at radius 3 is 2.12 bits per heavy atom. The molecular weight excluding hydrogens is 345 g/mol. The van der Waals surface area contributed by atoms with Gasteiger partial charge in [-0.05, 0) is 36.8 Å². The number of hydrogen-bond donors (Lipinski definition) is 0. The quantitative estimate of drug-likeness (QED) is 0.648. The molecule has 6 heteroatoms. The molecule has 2 aliphatic rings. The van der Waals surface area contributed by atoms with Crippen molar-refractivity contribution in [3.63, 3.8) is 0 Å². The fourth-order valence-electron chi connectivity index (χ4n) is 4.17. The Labute approximate surface area is 152 Å². The SMILES string of the molecule is CCCC1CCC(C2COC(c3ccc(OC(F)(F)F)cc3)OC2)CC1. The molecule has 0 unspecified atom stereocenters. The predicted molar refractivity (Wildman–Crippen MR) is 91.6 cm³/mol. The van der Waals surface area contributed by atoms with Crippen LogP contribution in [0.3, 0.4) is 0 Å². The van der Waals surface area contributed by atoms with Crippen molar-refractivity contribution in [3.05, 3.63) is 29.8 Å². The Kier molecular flexibility index (Phi) is 6.46. The Morgan fingerprint density at radius 2 is 1.58 bits per heavy atom. The molecule has 3 nitrogen and oxygen atoms in total. The van der Waals surface area contributed by atoms with Crippen molar-refractivity contribution in [2.24, 2.45) is 17.8 Å². The van der Waals surface area contributed by atoms with E-state index < -0.39 is 12.7 Å². The highest BCUT2D eigenvalue weighted by atomic mass is 19.4. The molecule has 1 aromatic rings. The van der Waals surface area contributed by atoms with Crippen molar-refractivity contribution in [3.8, 4) is 5.75 Å². The number of hydrogen-bond acceptors (Lipinski definition) is 3. The van der Waals surface area contributed by atoms with Crippen molar-refractivity contribution in [2.45, 2.75) is 58.1 Å². The molecule has 1 aromatic carbocycles. The first-order valence-electron chi connectivity index (χ1n) is 9.53. The van der Waals surface area contributed by atoms with Crippen LogP contribution in [0.4, 0.5) is 13.2 Å². The second-order valence-corrected chi connectivity index (χ2v) is 7.44. The molecule has 1 aliphatic heterocycles. The van der Waals surface area contributed by atoms with Gasteiger partial charge in [-0.2, -0.15) is 0 Å². The van der Waals surface area contributed by atoms with Crippen LogP contribution in [0, 0.1) is 17.8 Å². The lowest BCUT2D eigenvalue weighted by Gasteiger charge is -2.37. The molecule has 0 amide bonds. The summed E-state index contributed by atoms with van der Waals surface area (Å²) in [5.41, 5.74) is 0.713. The Bertz CT molecular complexity index is 542. The smallest absolute Gasteiger partial charge is 0.406 e. The highest BCUT2D eigenvalue weighted by Crippen LogP contribution is 2.38. The van der Waals surface area contributed by atoms with Gasteiger partial charge in [-0.15, -0.1) is 13.2 Å². The molecule has 2 fully saturated rings. The standard InChI is InChI=1S/C20H27F3O3/c1-2-3-14-4-6-15(7-5-14)17-12-24-19(25-13-17)16-8-10-18(11-9-16)26-20(21,22)23/h8-11,14-15,17,19H,2-7,12-13H2,1H3. The fourth-order valence-corrected chi connectivity index (χ4v) is 4.17. The zero-order valence-corrected chi connectivity index (χ0v) is 15.1. The van der Waals surface area contributed by atoms with Gasteiger partial charge in [0.1, 0.15) is 5.75 Å². The maximum absolute atomic E-state index is 12.2. The van der Waals surface area contributed by atoms with Gasteiger partial charge in [0.2, 0.25) is 0 Å². The molecule has 1 saturated heterocycles. The van der Waals surface area contributed by atoms with Crippen LogP contribution < -0.4 is 4.74 Å². The van der Waals surface area contributed by atoms with E-state index in [1.807, 2.05) is 0 Å². The molecule has 1 heterocycles. The fraction of sp³-hybridized carbons (Fsp3) is 0.700. The van der Waals surface area contributed by atoms with Crippen LogP contribution in [-0.4, -0.2) is 19.6 Å². The van der Waals surface area contributed by atoms with Crippen LogP contribution in [-0.2, 0) is 9.47 Å². The Hall–Kier alpha value is -1.27. The first-order valence-corrected chi connectivity index (χ1v) is 9.53. The van der Waals surface area contributed by atoms with E-state index in [0.717, 1.165) is 5.92 Å². The largest absolute Gasteiger partial charge is 0.573 e. The van der Waals surface area contributed by atoms with Crippen molar-refractivity contribution < 1.29 is 27.4 Å². The molecule has 146 valence electrons. The maximum atomic E-state index is 12.2. The third kappa shape index (κ3) is 5.36. The minimum atomic E-state index is -4.68. The molecule has 0 bridgehead atoms. The van der Waals surface area contributed by atoms with E-state index in [4.69, 9.17) is 9.47 Å². The van der Waals surface area contributed by atoms with E-state index in [1.54, 1.807) is 12.1 Å². The molecular formula is C20H27F3O3. The summed E-state index contributed by atoms with van der Waals surface area (Å²) in [4.78, 5) is 0. The van der Waals surface area contributed by atoms with E-state index in [-0.39, 0.29) is 5.75 Å². The second kappa shape index (κ2) is 8.61. The molecule has 0 aromatic heterocycles. The number of rotatable bonds is 5. The van der Waals surface area contributed by atoms with Crippen LogP contribution in [0.25, 0.3) is 0 Å². The average molecular weight is 372 g/mol.